The molecule has 0 radical (unpaired) electrons. The van der Waals surface area contributed by atoms with Crippen LogP contribution in [0, 0.1) is 5.92 Å². The number of anilines is 3. The molecule has 1 aliphatic carbocycles. The summed E-state index contributed by atoms with van der Waals surface area (Å²) in [5.41, 5.74) is 5.03. The van der Waals surface area contributed by atoms with Crippen LogP contribution in [0.1, 0.15) is 24.0 Å². The van der Waals surface area contributed by atoms with Crippen molar-refractivity contribution in [1.29, 1.82) is 0 Å². The summed E-state index contributed by atoms with van der Waals surface area (Å²) in [5, 5.41) is 5.68. The quantitative estimate of drug-likeness (QED) is 0.822. The van der Waals surface area contributed by atoms with Gasteiger partial charge in [0.1, 0.15) is 0 Å². The van der Waals surface area contributed by atoms with E-state index in [1.54, 1.807) is 21.9 Å². The van der Waals surface area contributed by atoms with Crippen LogP contribution >= 0.6 is 0 Å². The third-order valence-corrected chi connectivity index (χ3v) is 6.19. The zero-order valence-corrected chi connectivity index (χ0v) is 16.7. The van der Waals surface area contributed by atoms with E-state index in [1.807, 2.05) is 18.2 Å². The Labute approximate surface area is 175 Å². The zero-order chi connectivity index (χ0) is 20.7. The van der Waals surface area contributed by atoms with E-state index in [1.165, 1.54) is 17.5 Å². The molecule has 2 aliphatic heterocycles. The van der Waals surface area contributed by atoms with Crippen molar-refractivity contribution in [1.82, 2.24) is 5.32 Å². The zero-order valence-electron chi connectivity index (χ0n) is 16.7. The van der Waals surface area contributed by atoms with E-state index < -0.39 is 0 Å². The third kappa shape index (κ3) is 3.40. The van der Waals surface area contributed by atoms with Crippen molar-refractivity contribution >= 4 is 34.9 Å². The van der Waals surface area contributed by atoms with Gasteiger partial charge in [-0.2, -0.15) is 0 Å². The SMILES string of the molecule is O=C(Nc1ccc(N2CCNC2=O)cc1)C1CC(=O)N(c2ccc3c(c2)CCC3)C1. The first-order valence-corrected chi connectivity index (χ1v) is 10.5. The number of aryl methyl sites for hydroxylation is 2. The molecule has 2 N–H and O–H groups in total. The van der Waals surface area contributed by atoms with Crippen LogP contribution in [-0.4, -0.2) is 37.5 Å². The first-order chi connectivity index (χ1) is 14.6. The minimum Gasteiger partial charge on any atom is -0.336 e. The molecule has 2 heterocycles. The topological polar surface area (TPSA) is 81.8 Å². The Morgan fingerprint density at radius 1 is 0.967 bits per heavy atom. The van der Waals surface area contributed by atoms with Gasteiger partial charge >= 0.3 is 6.03 Å². The fourth-order valence-electron chi connectivity index (χ4n) is 4.55. The molecule has 4 amide bonds. The highest BCUT2D eigenvalue weighted by atomic mass is 16.2. The predicted molar refractivity (Wildman–Crippen MR) is 115 cm³/mol. The maximum Gasteiger partial charge on any atom is 0.321 e. The van der Waals surface area contributed by atoms with Crippen LogP contribution in [0.3, 0.4) is 0 Å². The summed E-state index contributed by atoms with van der Waals surface area (Å²) in [5.74, 6) is -0.544. The molecule has 1 unspecified atom stereocenters. The molecule has 5 rings (SSSR count). The fourth-order valence-corrected chi connectivity index (χ4v) is 4.55. The van der Waals surface area contributed by atoms with Gasteiger partial charge in [-0.15, -0.1) is 0 Å². The Morgan fingerprint density at radius 3 is 2.50 bits per heavy atom. The Morgan fingerprint density at radius 2 is 1.73 bits per heavy atom. The van der Waals surface area contributed by atoms with Crippen molar-refractivity contribution in [2.75, 3.05) is 34.8 Å². The van der Waals surface area contributed by atoms with E-state index in [2.05, 4.69) is 22.8 Å². The fraction of sp³-hybridized carbons (Fsp3) is 0.348. The maximum atomic E-state index is 12.8. The molecule has 30 heavy (non-hydrogen) atoms. The van der Waals surface area contributed by atoms with Crippen LogP contribution in [0.25, 0.3) is 0 Å². The monoisotopic (exact) mass is 404 g/mol. The van der Waals surface area contributed by atoms with Gasteiger partial charge in [-0.1, -0.05) is 6.07 Å². The second-order valence-electron chi connectivity index (χ2n) is 8.13. The number of fused-ring (bicyclic) bond motifs is 1. The second-order valence-corrected chi connectivity index (χ2v) is 8.13. The van der Waals surface area contributed by atoms with Gasteiger partial charge in [0.25, 0.3) is 0 Å². The van der Waals surface area contributed by atoms with Gasteiger partial charge in [0, 0.05) is 43.1 Å². The van der Waals surface area contributed by atoms with Crippen molar-refractivity contribution in [2.45, 2.75) is 25.7 Å². The van der Waals surface area contributed by atoms with Crippen molar-refractivity contribution in [3.05, 3.63) is 53.6 Å². The average Bonchev–Trinajstić information content (AvgIpc) is 3.47. The number of hydrogen-bond donors (Lipinski definition) is 2. The van der Waals surface area contributed by atoms with Crippen LogP contribution in [0.2, 0.25) is 0 Å². The second kappa shape index (κ2) is 7.48. The van der Waals surface area contributed by atoms with Gasteiger partial charge in [0.15, 0.2) is 0 Å². The summed E-state index contributed by atoms with van der Waals surface area (Å²) in [7, 11) is 0. The molecule has 154 valence electrons. The van der Waals surface area contributed by atoms with Crippen LogP contribution in [0.5, 0.6) is 0 Å². The first kappa shape index (κ1) is 18.7. The Bertz CT molecular complexity index is 1020. The number of amides is 4. The lowest BCUT2D eigenvalue weighted by Gasteiger charge is -2.18. The summed E-state index contributed by atoms with van der Waals surface area (Å²) in [6.07, 6.45) is 3.55. The molecule has 7 heteroatoms. The Hall–Kier alpha value is -3.35. The van der Waals surface area contributed by atoms with Gasteiger partial charge in [0.2, 0.25) is 11.8 Å². The maximum absolute atomic E-state index is 12.8. The lowest BCUT2D eigenvalue weighted by atomic mass is 10.1. The van der Waals surface area contributed by atoms with Gasteiger partial charge in [-0.25, -0.2) is 4.79 Å². The number of hydrogen-bond acceptors (Lipinski definition) is 3. The molecule has 0 bridgehead atoms. The standard InChI is InChI=1S/C23H24N4O3/c28-21-13-17(14-27(21)20-7-4-15-2-1-3-16(15)12-20)22(29)25-18-5-8-19(9-6-18)26-11-10-24-23(26)30/h4-9,12,17H,1-3,10-11,13-14H2,(H,24,30)(H,25,29). The van der Waals surface area contributed by atoms with Crippen molar-refractivity contribution < 1.29 is 14.4 Å². The number of nitrogens with one attached hydrogen (secondary N) is 2. The molecule has 0 saturated carbocycles. The van der Waals surface area contributed by atoms with Crippen LogP contribution in [0.4, 0.5) is 21.9 Å². The largest absolute Gasteiger partial charge is 0.336 e. The van der Waals surface area contributed by atoms with E-state index in [-0.39, 0.29) is 30.2 Å². The normalized spacial score (nSPS) is 20.5. The van der Waals surface area contributed by atoms with Crippen LogP contribution in [-0.2, 0) is 22.4 Å². The van der Waals surface area contributed by atoms with E-state index in [0.717, 1.165) is 24.2 Å². The molecule has 0 spiro atoms. The van der Waals surface area contributed by atoms with Gasteiger partial charge in [0.05, 0.1) is 5.92 Å². The molecule has 1 atom stereocenters. The van der Waals surface area contributed by atoms with Crippen molar-refractivity contribution in [3.63, 3.8) is 0 Å². The lowest BCUT2D eigenvalue weighted by molar-refractivity contribution is -0.122. The minimum atomic E-state index is -0.380. The molecular formula is C23H24N4O3. The number of benzene rings is 2. The number of carbonyl (C=O) groups is 3. The average molecular weight is 404 g/mol. The molecule has 3 aliphatic rings. The third-order valence-electron chi connectivity index (χ3n) is 6.19. The van der Waals surface area contributed by atoms with E-state index in [4.69, 9.17) is 0 Å². The smallest absolute Gasteiger partial charge is 0.321 e. The highest BCUT2D eigenvalue weighted by molar-refractivity contribution is 6.03. The number of urea groups is 1. The molecule has 2 saturated heterocycles. The molecule has 7 nitrogen and oxygen atoms in total. The Balaban J connectivity index is 1.23. The van der Waals surface area contributed by atoms with E-state index >= 15 is 0 Å². The summed E-state index contributed by atoms with van der Waals surface area (Å²) >= 11 is 0. The highest BCUT2D eigenvalue weighted by Crippen LogP contribution is 2.31. The van der Waals surface area contributed by atoms with Crippen molar-refractivity contribution in [3.8, 4) is 0 Å². The molecule has 0 aromatic heterocycles. The number of carbonyl (C=O) groups excluding carboxylic acids is 3. The van der Waals surface area contributed by atoms with Gasteiger partial charge < -0.3 is 15.5 Å². The summed E-state index contributed by atoms with van der Waals surface area (Å²) in [6.45, 7) is 1.66. The van der Waals surface area contributed by atoms with Gasteiger partial charge in [-0.3, -0.25) is 14.5 Å². The van der Waals surface area contributed by atoms with Crippen LogP contribution in [0.15, 0.2) is 42.5 Å². The van der Waals surface area contributed by atoms with Crippen LogP contribution < -0.4 is 20.4 Å². The molecular weight excluding hydrogens is 380 g/mol. The summed E-state index contributed by atoms with van der Waals surface area (Å²) in [4.78, 5) is 40.5. The predicted octanol–water partition coefficient (Wildman–Crippen LogP) is 2.70. The summed E-state index contributed by atoms with van der Waals surface area (Å²) in [6, 6.07) is 13.3. The summed E-state index contributed by atoms with van der Waals surface area (Å²) < 4.78 is 0. The van der Waals surface area contributed by atoms with E-state index in [0.29, 0.717) is 25.3 Å². The number of rotatable bonds is 4. The molecule has 2 aromatic rings. The minimum absolute atomic E-state index is 0.0107. The highest BCUT2D eigenvalue weighted by Gasteiger charge is 2.35. The number of nitrogens with zero attached hydrogens (tertiary/aromatic N) is 2. The molecule has 2 aromatic carbocycles. The lowest BCUT2D eigenvalue weighted by Crippen LogP contribution is -2.28. The first-order valence-electron chi connectivity index (χ1n) is 10.5. The van der Waals surface area contributed by atoms with E-state index in [9.17, 15) is 14.4 Å². The Kier molecular flexibility index (Phi) is 4.65. The molecule has 2 fully saturated rings. The van der Waals surface area contributed by atoms with Gasteiger partial charge in [-0.05, 0) is 66.8 Å². The van der Waals surface area contributed by atoms with Crippen molar-refractivity contribution in [2.24, 2.45) is 5.92 Å².